The normalized spacial score (nSPS) is 13.7. The molecule has 0 bridgehead atoms. The van der Waals surface area contributed by atoms with Crippen LogP contribution in [0.5, 0.6) is 0 Å². The van der Waals surface area contributed by atoms with Gasteiger partial charge in [-0.1, -0.05) is 12.1 Å². The maximum absolute atomic E-state index is 4.53. The van der Waals surface area contributed by atoms with Crippen LogP contribution in [0.3, 0.4) is 0 Å². The van der Waals surface area contributed by atoms with E-state index in [1.807, 2.05) is 6.07 Å². The van der Waals surface area contributed by atoms with Gasteiger partial charge in [0.1, 0.15) is 5.82 Å². The van der Waals surface area contributed by atoms with Crippen molar-refractivity contribution in [2.24, 2.45) is 0 Å². The first-order valence-electron chi connectivity index (χ1n) is 4.46. The SMILES string of the molecule is c1csc(-c2ccc3c(n2)NNC3)c1. The van der Waals surface area contributed by atoms with Gasteiger partial charge in [0.15, 0.2) is 0 Å². The van der Waals surface area contributed by atoms with Crippen LogP contribution >= 0.6 is 11.3 Å². The van der Waals surface area contributed by atoms with Crippen molar-refractivity contribution in [1.82, 2.24) is 10.4 Å². The Balaban J connectivity index is 2.09. The average Bonchev–Trinajstić information content (AvgIpc) is 2.88. The first kappa shape index (κ1) is 7.96. The van der Waals surface area contributed by atoms with Crippen LogP contribution in [0.4, 0.5) is 5.82 Å². The number of pyridine rings is 1. The number of thiophene rings is 1. The molecule has 3 rings (SSSR count). The Bertz CT molecular complexity index is 450. The third-order valence-electron chi connectivity index (χ3n) is 2.24. The molecule has 0 amide bonds. The summed E-state index contributed by atoms with van der Waals surface area (Å²) in [4.78, 5) is 5.74. The van der Waals surface area contributed by atoms with Gasteiger partial charge < -0.3 is 5.43 Å². The fourth-order valence-electron chi connectivity index (χ4n) is 1.52. The van der Waals surface area contributed by atoms with Crippen LogP contribution < -0.4 is 10.9 Å². The summed E-state index contributed by atoms with van der Waals surface area (Å²) < 4.78 is 0. The summed E-state index contributed by atoms with van der Waals surface area (Å²) in [5.41, 5.74) is 8.36. The number of fused-ring (bicyclic) bond motifs is 1. The zero-order valence-electron chi connectivity index (χ0n) is 7.45. The van der Waals surface area contributed by atoms with Crippen molar-refractivity contribution in [2.75, 3.05) is 5.43 Å². The number of hydrogen-bond acceptors (Lipinski definition) is 4. The standard InChI is InChI=1S/C10H9N3S/c1-2-9(14-5-1)8-4-3-7-6-11-13-10(7)12-8/h1-5,11H,6H2,(H,12,13). The fourth-order valence-corrected chi connectivity index (χ4v) is 2.22. The maximum atomic E-state index is 4.53. The molecule has 2 N–H and O–H groups in total. The van der Waals surface area contributed by atoms with E-state index in [9.17, 15) is 0 Å². The fraction of sp³-hybridized carbons (Fsp3) is 0.100. The van der Waals surface area contributed by atoms with E-state index >= 15 is 0 Å². The van der Waals surface area contributed by atoms with E-state index in [4.69, 9.17) is 0 Å². The first-order valence-corrected chi connectivity index (χ1v) is 5.34. The molecule has 70 valence electrons. The summed E-state index contributed by atoms with van der Waals surface area (Å²) in [7, 11) is 0. The molecule has 0 unspecified atom stereocenters. The molecule has 2 aromatic heterocycles. The summed E-state index contributed by atoms with van der Waals surface area (Å²) in [6.45, 7) is 0.854. The number of aromatic nitrogens is 1. The zero-order valence-corrected chi connectivity index (χ0v) is 8.27. The number of anilines is 1. The Labute approximate surface area is 85.8 Å². The van der Waals surface area contributed by atoms with Gasteiger partial charge in [-0.25, -0.2) is 10.4 Å². The lowest BCUT2D eigenvalue weighted by Gasteiger charge is -2.00. The summed E-state index contributed by atoms with van der Waals surface area (Å²) in [5.74, 6) is 0.955. The quantitative estimate of drug-likeness (QED) is 0.746. The highest BCUT2D eigenvalue weighted by Crippen LogP contribution is 2.26. The number of nitrogens with zero attached hydrogens (tertiary/aromatic N) is 1. The van der Waals surface area contributed by atoms with Crippen LogP contribution in [0.25, 0.3) is 10.6 Å². The van der Waals surface area contributed by atoms with Gasteiger partial charge >= 0.3 is 0 Å². The smallest absolute Gasteiger partial charge is 0.145 e. The van der Waals surface area contributed by atoms with E-state index in [0.717, 1.165) is 18.1 Å². The topological polar surface area (TPSA) is 37.0 Å². The monoisotopic (exact) mass is 203 g/mol. The van der Waals surface area contributed by atoms with Crippen molar-refractivity contribution >= 4 is 17.2 Å². The van der Waals surface area contributed by atoms with Crippen LogP contribution in [0, 0.1) is 0 Å². The first-order chi connectivity index (χ1) is 6.93. The molecule has 0 aliphatic carbocycles. The van der Waals surface area contributed by atoms with Crippen LogP contribution in [0.1, 0.15) is 5.56 Å². The molecule has 0 radical (unpaired) electrons. The van der Waals surface area contributed by atoms with Gasteiger partial charge in [-0.05, 0) is 17.5 Å². The van der Waals surface area contributed by atoms with Crippen molar-refractivity contribution in [2.45, 2.75) is 6.54 Å². The molecule has 0 saturated heterocycles. The molecule has 0 aromatic carbocycles. The number of nitrogens with one attached hydrogen (secondary N) is 2. The molecule has 3 nitrogen and oxygen atoms in total. The second kappa shape index (κ2) is 3.08. The van der Waals surface area contributed by atoms with Crippen molar-refractivity contribution in [1.29, 1.82) is 0 Å². The van der Waals surface area contributed by atoms with Gasteiger partial charge in [0.2, 0.25) is 0 Å². The highest BCUT2D eigenvalue weighted by Gasteiger charge is 2.11. The lowest BCUT2D eigenvalue weighted by molar-refractivity contribution is 0.859. The summed E-state index contributed by atoms with van der Waals surface area (Å²) in [6.07, 6.45) is 0. The highest BCUT2D eigenvalue weighted by molar-refractivity contribution is 7.13. The minimum atomic E-state index is 0.854. The van der Waals surface area contributed by atoms with Gasteiger partial charge in [0, 0.05) is 12.1 Å². The number of hydrazine groups is 1. The minimum absolute atomic E-state index is 0.854. The third-order valence-corrected chi connectivity index (χ3v) is 3.13. The van der Waals surface area contributed by atoms with Crippen molar-refractivity contribution < 1.29 is 0 Å². The van der Waals surface area contributed by atoms with Gasteiger partial charge in [-0.15, -0.1) is 11.3 Å². The lowest BCUT2D eigenvalue weighted by Crippen LogP contribution is -2.11. The lowest BCUT2D eigenvalue weighted by atomic mass is 10.2. The van der Waals surface area contributed by atoms with E-state index < -0.39 is 0 Å². The Hall–Kier alpha value is -1.39. The predicted octanol–water partition coefficient (Wildman–Crippen LogP) is 2.24. The Morgan fingerprint density at radius 2 is 2.29 bits per heavy atom. The van der Waals surface area contributed by atoms with Crippen LogP contribution in [0.15, 0.2) is 29.6 Å². The molecule has 0 fully saturated rings. The second-order valence-electron chi connectivity index (χ2n) is 3.16. The van der Waals surface area contributed by atoms with Gasteiger partial charge in [-0.3, -0.25) is 0 Å². The number of hydrogen-bond donors (Lipinski definition) is 2. The van der Waals surface area contributed by atoms with Crippen LogP contribution in [-0.4, -0.2) is 4.98 Å². The van der Waals surface area contributed by atoms with E-state index in [1.165, 1.54) is 10.4 Å². The molecule has 1 aliphatic rings. The third kappa shape index (κ3) is 1.20. The molecule has 0 saturated carbocycles. The van der Waals surface area contributed by atoms with Crippen LogP contribution in [-0.2, 0) is 6.54 Å². The minimum Gasteiger partial charge on any atom is -0.305 e. The van der Waals surface area contributed by atoms with Gasteiger partial charge in [0.05, 0.1) is 10.6 Å². The molecule has 0 spiro atoms. The van der Waals surface area contributed by atoms with E-state index in [0.29, 0.717) is 0 Å². The summed E-state index contributed by atoms with van der Waals surface area (Å²) in [6, 6.07) is 8.31. The molecule has 0 atom stereocenters. The summed E-state index contributed by atoms with van der Waals surface area (Å²) >= 11 is 1.71. The second-order valence-corrected chi connectivity index (χ2v) is 4.11. The molecule has 4 heteroatoms. The highest BCUT2D eigenvalue weighted by atomic mass is 32.1. The maximum Gasteiger partial charge on any atom is 0.145 e. The van der Waals surface area contributed by atoms with Crippen molar-refractivity contribution in [3.8, 4) is 10.6 Å². The largest absolute Gasteiger partial charge is 0.305 e. The average molecular weight is 203 g/mol. The van der Waals surface area contributed by atoms with Crippen LogP contribution in [0.2, 0.25) is 0 Å². The summed E-state index contributed by atoms with van der Waals surface area (Å²) in [5, 5.41) is 2.07. The molecular weight excluding hydrogens is 194 g/mol. The number of rotatable bonds is 1. The molecule has 14 heavy (non-hydrogen) atoms. The molecule has 1 aliphatic heterocycles. The van der Waals surface area contributed by atoms with Gasteiger partial charge in [0.25, 0.3) is 0 Å². The Morgan fingerprint density at radius 3 is 3.14 bits per heavy atom. The van der Waals surface area contributed by atoms with E-state index in [-0.39, 0.29) is 0 Å². The molecular formula is C10H9N3S. The zero-order chi connectivity index (χ0) is 9.38. The van der Waals surface area contributed by atoms with Crippen molar-refractivity contribution in [3.05, 3.63) is 35.2 Å². The van der Waals surface area contributed by atoms with Gasteiger partial charge in [-0.2, -0.15) is 0 Å². The van der Waals surface area contributed by atoms with E-state index in [2.05, 4.69) is 39.4 Å². The predicted molar refractivity (Wildman–Crippen MR) is 58.0 cm³/mol. The molecule has 3 heterocycles. The Kier molecular flexibility index (Phi) is 1.75. The van der Waals surface area contributed by atoms with Crippen molar-refractivity contribution in [3.63, 3.8) is 0 Å². The van der Waals surface area contributed by atoms with E-state index in [1.54, 1.807) is 11.3 Å². The molecule has 2 aromatic rings. The Morgan fingerprint density at radius 1 is 1.29 bits per heavy atom.